The fourth-order valence-corrected chi connectivity index (χ4v) is 7.08. The Bertz CT molecular complexity index is 1360. The number of benzene rings is 2. The number of ether oxygens (including phenoxy) is 3. The predicted molar refractivity (Wildman–Crippen MR) is 175 cm³/mol. The Morgan fingerprint density at radius 1 is 1.00 bits per heavy atom. The Labute approximate surface area is 267 Å². The molecular weight excluding hydrogens is 630 g/mol. The summed E-state index contributed by atoms with van der Waals surface area (Å²) >= 11 is 5.20. The Hall–Kier alpha value is -2.86. The molecule has 3 atom stereocenters. The zero-order chi connectivity index (χ0) is 30.5. The number of halogens is 1. The first-order chi connectivity index (χ1) is 20.8. The van der Waals surface area contributed by atoms with Gasteiger partial charge in [0.25, 0.3) is 5.91 Å². The van der Waals surface area contributed by atoms with E-state index in [0.29, 0.717) is 35.4 Å². The standard InChI is InChI=1S/C32H42BrN5O4S/c1-21-17-38(31(39)24-13-28(40-3)30(42-5)29(14-24)41-4)22(2)16-37(21)19-26-20-43-32(35-26)34-15-27-7-6-12-36(27)18-23-8-10-25(33)11-9-23/h8-11,13-14,20-22,27H,6-7,12,15-19H2,1-5H3,(H,34,35)/t21-,22-,27-/m0/s1. The third-order valence-corrected chi connectivity index (χ3v) is 9.87. The number of hydrogen-bond acceptors (Lipinski definition) is 9. The van der Waals surface area contributed by atoms with Gasteiger partial charge in [-0.2, -0.15) is 0 Å². The largest absolute Gasteiger partial charge is 0.493 e. The monoisotopic (exact) mass is 671 g/mol. The van der Waals surface area contributed by atoms with Crippen LogP contribution >= 0.6 is 27.3 Å². The molecule has 5 rings (SSSR count). The van der Waals surface area contributed by atoms with Crippen LogP contribution in [-0.2, 0) is 13.1 Å². The highest BCUT2D eigenvalue weighted by atomic mass is 79.9. The second kappa shape index (κ2) is 14.3. The number of thiazole rings is 1. The number of anilines is 1. The van der Waals surface area contributed by atoms with E-state index in [2.05, 4.69) is 74.5 Å². The van der Waals surface area contributed by atoms with Gasteiger partial charge < -0.3 is 24.4 Å². The summed E-state index contributed by atoms with van der Waals surface area (Å²) in [6.07, 6.45) is 2.44. The molecule has 43 heavy (non-hydrogen) atoms. The van der Waals surface area contributed by atoms with Gasteiger partial charge in [-0.15, -0.1) is 11.3 Å². The summed E-state index contributed by atoms with van der Waals surface area (Å²) in [7, 11) is 4.67. The van der Waals surface area contributed by atoms with Gasteiger partial charge in [0, 0.05) is 66.3 Å². The molecule has 0 unspecified atom stereocenters. The minimum atomic E-state index is -0.0421. The van der Waals surface area contributed by atoms with Crippen LogP contribution in [0.4, 0.5) is 5.13 Å². The zero-order valence-corrected chi connectivity index (χ0v) is 28.0. The van der Waals surface area contributed by atoms with Crippen molar-refractivity contribution in [2.45, 2.75) is 57.9 Å². The van der Waals surface area contributed by atoms with Gasteiger partial charge in [0.2, 0.25) is 5.75 Å². The average molecular weight is 673 g/mol. The molecule has 1 aromatic heterocycles. The minimum Gasteiger partial charge on any atom is -0.493 e. The number of rotatable bonds is 11. The first kappa shape index (κ1) is 31.6. The number of carbonyl (C=O) groups is 1. The summed E-state index contributed by atoms with van der Waals surface area (Å²) in [6, 6.07) is 12.8. The lowest BCUT2D eigenvalue weighted by Gasteiger charge is -2.44. The average Bonchev–Trinajstić information content (AvgIpc) is 3.66. The summed E-state index contributed by atoms with van der Waals surface area (Å²) in [5.74, 6) is 1.39. The van der Waals surface area contributed by atoms with Crippen molar-refractivity contribution in [2.75, 3.05) is 52.8 Å². The van der Waals surface area contributed by atoms with Gasteiger partial charge in [0.15, 0.2) is 16.6 Å². The van der Waals surface area contributed by atoms with Crippen LogP contribution in [0, 0.1) is 0 Å². The summed E-state index contributed by atoms with van der Waals surface area (Å²) in [6.45, 7) is 9.44. The van der Waals surface area contributed by atoms with Crippen molar-refractivity contribution in [2.24, 2.45) is 0 Å². The molecule has 2 fully saturated rings. The molecule has 0 saturated carbocycles. The van der Waals surface area contributed by atoms with E-state index < -0.39 is 0 Å². The SMILES string of the molecule is COc1cc(C(=O)N2C[C@H](C)N(Cc3csc(NC[C@@H]4CCCN4Cc4ccc(Br)cc4)n3)C[C@@H]2C)cc(OC)c1OC. The highest BCUT2D eigenvalue weighted by Crippen LogP contribution is 2.39. The highest BCUT2D eigenvalue weighted by Gasteiger charge is 2.33. The van der Waals surface area contributed by atoms with Crippen LogP contribution in [0.25, 0.3) is 0 Å². The first-order valence-corrected chi connectivity index (χ1v) is 16.5. The number of aromatic nitrogens is 1. The van der Waals surface area contributed by atoms with E-state index in [1.165, 1.54) is 18.4 Å². The van der Waals surface area contributed by atoms with Crippen molar-refractivity contribution in [3.8, 4) is 17.2 Å². The molecule has 3 heterocycles. The summed E-state index contributed by atoms with van der Waals surface area (Å²) < 4.78 is 17.5. The lowest BCUT2D eigenvalue weighted by atomic mass is 10.1. The molecule has 1 amide bonds. The Balaban J connectivity index is 1.15. The predicted octanol–water partition coefficient (Wildman–Crippen LogP) is 5.74. The van der Waals surface area contributed by atoms with Gasteiger partial charge in [-0.25, -0.2) is 4.98 Å². The van der Waals surface area contributed by atoms with Crippen molar-refractivity contribution >= 4 is 38.3 Å². The number of methoxy groups -OCH3 is 3. The second-order valence-electron chi connectivity index (χ2n) is 11.4. The number of nitrogens with zero attached hydrogens (tertiary/aromatic N) is 4. The molecule has 0 bridgehead atoms. The molecular formula is C32H42BrN5O4S. The van der Waals surface area contributed by atoms with Crippen molar-refractivity contribution in [3.05, 3.63) is 63.1 Å². The van der Waals surface area contributed by atoms with Gasteiger partial charge in [-0.3, -0.25) is 14.6 Å². The van der Waals surface area contributed by atoms with E-state index >= 15 is 0 Å². The Morgan fingerprint density at radius 3 is 2.40 bits per heavy atom. The maximum absolute atomic E-state index is 13.6. The third kappa shape index (κ3) is 7.45. The van der Waals surface area contributed by atoms with Crippen molar-refractivity contribution in [1.29, 1.82) is 0 Å². The Kier molecular flexibility index (Phi) is 10.5. The molecule has 2 aliphatic rings. The molecule has 232 valence electrons. The van der Waals surface area contributed by atoms with Crippen LogP contribution in [0.2, 0.25) is 0 Å². The van der Waals surface area contributed by atoms with Gasteiger partial charge in [0.1, 0.15) is 0 Å². The summed E-state index contributed by atoms with van der Waals surface area (Å²) in [5.41, 5.74) is 2.93. The molecule has 3 aromatic rings. The lowest BCUT2D eigenvalue weighted by molar-refractivity contribution is 0.0287. The number of amides is 1. The number of likely N-dealkylation sites (tertiary alicyclic amines) is 1. The summed E-state index contributed by atoms with van der Waals surface area (Å²) in [5, 5.41) is 6.74. The van der Waals surface area contributed by atoms with Crippen molar-refractivity contribution < 1.29 is 19.0 Å². The minimum absolute atomic E-state index is 0.0399. The lowest BCUT2D eigenvalue weighted by Crippen LogP contribution is -2.57. The maximum Gasteiger partial charge on any atom is 0.254 e. The van der Waals surface area contributed by atoms with Crippen LogP contribution < -0.4 is 19.5 Å². The number of hydrogen-bond donors (Lipinski definition) is 1. The third-order valence-electron chi connectivity index (χ3n) is 8.49. The molecule has 0 aliphatic carbocycles. The van der Waals surface area contributed by atoms with Gasteiger partial charge in [-0.05, 0) is 63.1 Å². The Morgan fingerprint density at radius 2 is 1.72 bits per heavy atom. The highest BCUT2D eigenvalue weighted by molar-refractivity contribution is 9.10. The first-order valence-electron chi connectivity index (χ1n) is 14.8. The molecule has 9 nitrogen and oxygen atoms in total. The molecule has 0 spiro atoms. The summed E-state index contributed by atoms with van der Waals surface area (Å²) in [4.78, 5) is 25.5. The van der Waals surface area contributed by atoms with Gasteiger partial charge in [-0.1, -0.05) is 28.1 Å². The molecule has 2 aliphatic heterocycles. The van der Waals surface area contributed by atoms with E-state index in [1.807, 2.05) is 4.90 Å². The van der Waals surface area contributed by atoms with E-state index in [4.69, 9.17) is 19.2 Å². The quantitative estimate of drug-likeness (QED) is 0.276. The zero-order valence-electron chi connectivity index (χ0n) is 25.6. The van der Waals surface area contributed by atoms with E-state index in [9.17, 15) is 4.79 Å². The number of piperazine rings is 1. The molecule has 2 aromatic carbocycles. The van der Waals surface area contributed by atoms with Crippen molar-refractivity contribution in [1.82, 2.24) is 19.7 Å². The van der Waals surface area contributed by atoms with Crippen LogP contribution in [0.3, 0.4) is 0 Å². The topological polar surface area (TPSA) is 79.4 Å². The number of carbonyl (C=O) groups excluding carboxylic acids is 1. The second-order valence-corrected chi connectivity index (χ2v) is 13.2. The van der Waals surface area contributed by atoms with Crippen LogP contribution in [0.5, 0.6) is 17.2 Å². The van der Waals surface area contributed by atoms with E-state index in [0.717, 1.165) is 48.0 Å². The van der Waals surface area contributed by atoms with Crippen LogP contribution in [0.15, 0.2) is 46.3 Å². The normalized spacial score (nSPS) is 21.2. The van der Waals surface area contributed by atoms with E-state index in [-0.39, 0.29) is 18.0 Å². The fraction of sp³-hybridized carbons (Fsp3) is 0.500. The fourth-order valence-electron chi connectivity index (χ4n) is 6.10. The smallest absolute Gasteiger partial charge is 0.254 e. The molecule has 1 N–H and O–H groups in total. The van der Waals surface area contributed by atoms with Gasteiger partial charge in [0.05, 0.1) is 27.0 Å². The molecule has 2 saturated heterocycles. The van der Waals surface area contributed by atoms with Crippen LogP contribution in [-0.4, -0.2) is 91.2 Å². The number of nitrogens with one attached hydrogen (secondary N) is 1. The van der Waals surface area contributed by atoms with Crippen LogP contribution in [0.1, 0.15) is 48.3 Å². The van der Waals surface area contributed by atoms with Crippen molar-refractivity contribution in [3.63, 3.8) is 0 Å². The van der Waals surface area contributed by atoms with Gasteiger partial charge >= 0.3 is 0 Å². The molecule has 0 radical (unpaired) electrons. The molecule has 11 heteroatoms. The van der Waals surface area contributed by atoms with E-state index in [1.54, 1.807) is 44.8 Å². The maximum atomic E-state index is 13.6.